The largest absolute Gasteiger partial charge is 0.352 e. The van der Waals surface area contributed by atoms with Gasteiger partial charge in [0.15, 0.2) is 11.6 Å². The highest BCUT2D eigenvalue weighted by atomic mass is 16.2. The quantitative estimate of drug-likeness (QED) is 0.727. The van der Waals surface area contributed by atoms with Gasteiger partial charge in [-0.05, 0) is 31.5 Å². The summed E-state index contributed by atoms with van der Waals surface area (Å²) in [7, 11) is 0. The zero-order valence-corrected chi connectivity index (χ0v) is 13.8. The predicted molar refractivity (Wildman–Crippen MR) is 92.0 cm³/mol. The number of carbonyl (C=O) groups is 4. The van der Waals surface area contributed by atoms with E-state index in [0.717, 1.165) is 0 Å². The molecule has 1 N–H and O–H groups in total. The number of hydrogen-bond donors (Lipinski definition) is 1. The molecular weight excluding hydrogens is 318 g/mol. The van der Waals surface area contributed by atoms with E-state index in [1.54, 1.807) is 24.3 Å². The second kappa shape index (κ2) is 6.81. The molecule has 0 radical (unpaired) electrons. The zero-order valence-electron chi connectivity index (χ0n) is 13.8. The number of hydrogen-bond acceptors (Lipinski definition) is 4. The Labute approximate surface area is 145 Å². The van der Waals surface area contributed by atoms with Gasteiger partial charge in [-0.1, -0.05) is 24.3 Å². The molecule has 2 aromatic rings. The summed E-state index contributed by atoms with van der Waals surface area (Å²) >= 11 is 0. The molecular formula is C20H17NO4. The van der Waals surface area contributed by atoms with Gasteiger partial charge in [0.1, 0.15) is 5.78 Å². The van der Waals surface area contributed by atoms with E-state index < -0.39 is 0 Å². The highest BCUT2D eigenvalue weighted by Gasteiger charge is 2.29. The minimum Gasteiger partial charge on any atom is -0.352 e. The average molecular weight is 335 g/mol. The Kier molecular flexibility index (Phi) is 4.57. The van der Waals surface area contributed by atoms with Gasteiger partial charge in [-0.25, -0.2) is 0 Å². The molecule has 0 spiro atoms. The van der Waals surface area contributed by atoms with Gasteiger partial charge >= 0.3 is 0 Å². The molecule has 0 aliphatic heterocycles. The van der Waals surface area contributed by atoms with Crippen LogP contribution < -0.4 is 5.32 Å². The summed E-state index contributed by atoms with van der Waals surface area (Å²) in [6.45, 7) is 1.89. The molecule has 5 nitrogen and oxygen atoms in total. The second-order valence-electron chi connectivity index (χ2n) is 6.03. The fraction of sp³-hybridized carbons (Fsp3) is 0.200. The van der Waals surface area contributed by atoms with E-state index >= 15 is 0 Å². The van der Waals surface area contributed by atoms with Crippen molar-refractivity contribution in [3.05, 3.63) is 70.3 Å². The van der Waals surface area contributed by atoms with Crippen molar-refractivity contribution in [2.45, 2.75) is 19.8 Å². The Bertz CT molecular complexity index is 898. The molecule has 126 valence electrons. The lowest BCUT2D eigenvalue weighted by Gasteiger charge is -2.17. The smallest absolute Gasteiger partial charge is 0.251 e. The first-order valence-corrected chi connectivity index (χ1v) is 8.09. The van der Waals surface area contributed by atoms with E-state index in [-0.39, 0.29) is 28.8 Å². The molecule has 0 atom stereocenters. The van der Waals surface area contributed by atoms with Crippen molar-refractivity contribution in [1.82, 2.24) is 5.32 Å². The summed E-state index contributed by atoms with van der Waals surface area (Å²) in [6, 6.07) is 11.2. The number of Topliss-reactive ketones (excluding diaryl/α,β-unsaturated/α-hetero) is 1. The van der Waals surface area contributed by atoms with E-state index in [0.29, 0.717) is 41.6 Å². The lowest BCUT2D eigenvalue weighted by Crippen LogP contribution is -2.26. The van der Waals surface area contributed by atoms with Crippen LogP contribution in [0.1, 0.15) is 62.0 Å². The van der Waals surface area contributed by atoms with Crippen LogP contribution in [0, 0.1) is 0 Å². The molecule has 0 saturated carbocycles. The number of fused-ring (bicyclic) bond motifs is 2. The van der Waals surface area contributed by atoms with Crippen molar-refractivity contribution < 1.29 is 19.2 Å². The maximum atomic E-state index is 12.6. The van der Waals surface area contributed by atoms with Crippen LogP contribution in [0.15, 0.2) is 42.5 Å². The summed E-state index contributed by atoms with van der Waals surface area (Å²) in [4.78, 5) is 48.3. The van der Waals surface area contributed by atoms with Crippen LogP contribution in [0.25, 0.3) is 0 Å². The highest BCUT2D eigenvalue weighted by molar-refractivity contribution is 6.28. The third-order valence-electron chi connectivity index (χ3n) is 4.18. The van der Waals surface area contributed by atoms with Crippen LogP contribution in [0.4, 0.5) is 0 Å². The van der Waals surface area contributed by atoms with E-state index in [9.17, 15) is 19.2 Å². The lowest BCUT2D eigenvalue weighted by molar-refractivity contribution is -0.117. The van der Waals surface area contributed by atoms with Crippen molar-refractivity contribution in [3.8, 4) is 0 Å². The Hall–Kier alpha value is -3.08. The zero-order chi connectivity index (χ0) is 18.0. The summed E-state index contributed by atoms with van der Waals surface area (Å²) in [5.74, 6) is -0.716. The molecule has 0 heterocycles. The third-order valence-corrected chi connectivity index (χ3v) is 4.18. The monoisotopic (exact) mass is 335 g/mol. The van der Waals surface area contributed by atoms with Gasteiger partial charge < -0.3 is 10.1 Å². The van der Waals surface area contributed by atoms with Gasteiger partial charge in [0.05, 0.1) is 0 Å². The Balaban J connectivity index is 1.82. The van der Waals surface area contributed by atoms with E-state index in [1.165, 1.54) is 25.1 Å². The van der Waals surface area contributed by atoms with Gasteiger partial charge in [-0.3, -0.25) is 14.4 Å². The Morgan fingerprint density at radius 3 is 2.12 bits per heavy atom. The number of amides is 1. The number of rotatable bonds is 5. The number of nitrogens with one attached hydrogen (secondary N) is 1. The van der Waals surface area contributed by atoms with E-state index in [2.05, 4.69) is 5.32 Å². The van der Waals surface area contributed by atoms with Gasteiger partial charge in [0, 0.05) is 40.8 Å². The van der Waals surface area contributed by atoms with Crippen LogP contribution in [0.2, 0.25) is 0 Å². The van der Waals surface area contributed by atoms with Gasteiger partial charge in [-0.2, -0.15) is 0 Å². The minimum atomic E-state index is -0.328. The highest BCUT2D eigenvalue weighted by Crippen LogP contribution is 2.27. The molecule has 0 unspecified atom stereocenters. The molecule has 2 aromatic carbocycles. The molecule has 0 saturated heterocycles. The van der Waals surface area contributed by atoms with Crippen molar-refractivity contribution in [3.63, 3.8) is 0 Å². The number of carbonyl (C=O) groups excluding carboxylic acids is 4. The molecule has 1 aliphatic carbocycles. The van der Waals surface area contributed by atoms with Crippen LogP contribution in [-0.2, 0) is 4.79 Å². The molecule has 3 rings (SSSR count). The number of benzene rings is 2. The van der Waals surface area contributed by atoms with E-state index in [4.69, 9.17) is 0 Å². The summed E-state index contributed by atoms with van der Waals surface area (Å²) in [5.41, 5.74) is 1.64. The van der Waals surface area contributed by atoms with Crippen molar-refractivity contribution >= 4 is 23.3 Å². The lowest BCUT2D eigenvalue weighted by atomic mass is 9.83. The fourth-order valence-electron chi connectivity index (χ4n) is 2.88. The normalized spacial score (nSPS) is 12.4. The van der Waals surface area contributed by atoms with Crippen molar-refractivity contribution in [2.75, 3.05) is 6.54 Å². The van der Waals surface area contributed by atoms with Gasteiger partial charge in [-0.15, -0.1) is 0 Å². The molecule has 0 fully saturated rings. The van der Waals surface area contributed by atoms with Crippen molar-refractivity contribution in [2.24, 2.45) is 0 Å². The van der Waals surface area contributed by atoms with Crippen molar-refractivity contribution in [1.29, 1.82) is 0 Å². The van der Waals surface area contributed by atoms with Crippen LogP contribution in [-0.4, -0.2) is 29.8 Å². The summed E-state index contributed by atoms with van der Waals surface area (Å²) in [6.07, 6.45) is 0.977. The van der Waals surface area contributed by atoms with Gasteiger partial charge in [0.2, 0.25) is 0 Å². The first-order valence-electron chi connectivity index (χ1n) is 8.09. The molecule has 5 heteroatoms. The molecule has 1 amide bonds. The average Bonchev–Trinajstić information content (AvgIpc) is 2.62. The maximum absolute atomic E-state index is 12.6. The van der Waals surface area contributed by atoms with Crippen LogP contribution in [0.3, 0.4) is 0 Å². The number of ketones is 3. The molecule has 0 aromatic heterocycles. The van der Waals surface area contributed by atoms with E-state index in [1.807, 2.05) is 0 Å². The first-order chi connectivity index (χ1) is 12.0. The van der Waals surface area contributed by atoms with Crippen LogP contribution >= 0.6 is 0 Å². The molecule has 25 heavy (non-hydrogen) atoms. The maximum Gasteiger partial charge on any atom is 0.251 e. The standard InChI is InChI=1S/C20H17NO4/c1-12(22)5-4-10-21-20(25)13-8-9-16-17(11-13)19(24)15-7-3-2-6-14(15)18(16)23/h2-3,6-9,11H,4-5,10H2,1H3,(H,21,25). The molecule has 1 aliphatic rings. The Morgan fingerprint density at radius 1 is 0.880 bits per heavy atom. The third kappa shape index (κ3) is 3.26. The summed E-state index contributed by atoms with van der Waals surface area (Å²) < 4.78 is 0. The first kappa shape index (κ1) is 16.8. The topological polar surface area (TPSA) is 80.3 Å². The second-order valence-corrected chi connectivity index (χ2v) is 6.03. The fourth-order valence-corrected chi connectivity index (χ4v) is 2.88. The Morgan fingerprint density at radius 2 is 1.48 bits per heavy atom. The minimum absolute atomic E-state index is 0.0748. The predicted octanol–water partition coefficient (Wildman–Crippen LogP) is 2.56. The summed E-state index contributed by atoms with van der Waals surface area (Å²) in [5, 5.41) is 2.72. The van der Waals surface area contributed by atoms with Crippen LogP contribution in [0.5, 0.6) is 0 Å². The SMILES string of the molecule is CC(=O)CCCNC(=O)c1ccc2c(c1)C(=O)c1ccccc1C2=O. The molecule has 0 bridgehead atoms. The van der Waals surface area contributed by atoms with Gasteiger partial charge in [0.25, 0.3) is 5.91 Å².